The predicted octanol–water partition coefficient (Wildman–Crippen LogP) is 3.32. The van der Waals surface area contributed by atoms with Crippen LogP contribution in [0, 0.1) is 5.92 Å². The number of esters is 1. The molecule has 5 heteroatoms. The Morgan fingerprint density at radius 2 is 1.77 bits per heavy atom. The van der Waals surface area contributed by atoms with Gasteiger partial charge in [0.1, 0.15) is 6.61 Å². The standard InChI is InChI=1S/C15H29NO4.C2H6/c1-4-20-15(18)8-6-5-7-10-16-14(17)12-19-11-9-13(2)3;1-2/h13H,4-12H2,1-3H3,(H,16,17);1-2H3. The van der Waals surface area contributed by atoms with Crippen LogP contribution < -0.4 is 5.32 Å². The van der Waals surface area contributed by atoms with Crippen molar-refractivity contribution in [2.75, 3.05) is 26.4 Å². The lowest BCUT2D eigenvalue weighted by atomic mass is 10.1. The fraction of sp³-hybridized carbons (Fsp3) is 0.882. The fourth-order valence-electron chi connectivity index (χ4n) is 1.57. The minimum absolute atomic E-state index is 0.0702. The van der Waals surface area contributed by atoms with E-state index in [1.165, 1.54) is 0 Å². The second-order valence-electron chi connectivity index (χ2n) is 5.20. The Kier molecular flexibility index (Phi) is 18.9. The average Bonchev–Trinajstić information content (AvgIpc) is 2.49. The summed E-state index contributed by atoms with van der Waals surface area (Å²) in [7, 11) is 0. The van der Waals surface area contributed by atoms with Crippen molar-refractivity contribution in [3.8, 4) is 0 Å². The van der Waals surface area contributed by atoms with E-state index in [1.54, 1.807) is 6.92 Å². The molecule has 0 radical (unpaired) electrons. The van der Waals surface area contributed by atoms with Gasteiger partial charge in [0.05, 0.1) is 6.61 Å². The smallest absolute Gasteiger partial charge is 0.305 e. The molecular formula is C17H35NO4. The molecule has 1 amide bonds. The first-order chi connectivity index (χ1) is 10.6. The molecule has 0 aromatic rings. The maximum absolute atomic E-state index is 11.4. The van der Waals surface area contributed by atoms with Gasteiger partial charge in [-0.25, -0.2) is 0 Å². The summed E-state index contributed by atoms with van der Waals surface area (Å²) in [6.07, 6.45) is 4.02. The normalized spacial score (nSPS) is 9.91. The molecule has 0 aliphatic heterocycles. The third-order valence-electron chi connectivity index (χ3n) is 2.76. The molecule has 0 saturated heterocycles. The van der Waals surface area contributed by atoms with Gasteiger partial charge in [0, 0.05) is 19.6 Å². The summed E-state index contributed by atoms with van der Waals surface area (Å²) in [6, 6.07) is 0. The van der Waals surface area contributed by atoms with E-state index in [4.69, 9.17) is 9.47 Å². The topological polar surface area (TPSA) is 64.6 Å². The van der Waals surface area contributed by atoms with Crippen LogP contribution in [0.25, 0.3) is 0 Å². The van der Waals surface area contributed by atoms with Crippen molar-refractivity contribution in [1.82, 2.24) is 5.32 Å². The van der Waals surface area contributed by atoms with Gasteiger partial charge in [-0.05, 0) is 32.1 Å². The highest BCUT2D eigenvalue weighted by Gasteiger charge is 2.03. The average molecular weight is 317 g/mol. The van der Waals surface area contributed by atoms with Crippen LogP contribution in [0.5, 0.6) is 0 Å². The molecule has 0 heterocycles. The number of hydrogen-bond donors (Lipinski definition) is 1. The second kappa shape index (κ2) is 18.0. The number of unbranched alkanes of at least 4 members (excludes halogenated alkanes) is 2. The van der Waals surface area contributed by atoms with Crippen LogP contribution in [0.3, 0.4) is 0 Å². The van der Waals surface area contributed by atoms with E-state index >= 15 is 0 Å². The Bertz CT molecular complexity index is 267. The van der Waals surface area contributed by atoms with Gasteiger partial charge < -0.3 is 14.8 Å². The van der Waals surface area contributed by atoms with Crippen molar-refractivity contribution >= 4 is 11.9 Å². The summed E-state index contributed by atoms with van der Waals surface area (Å²) in [5.41, 5.74) is 0. The minimum atomic E-state index is -0.143. The van der Waals surface area contributed by atoms with E-state index in [0.717, 1.165) is 25.7 Å². The highest BCUT2D eigenvalue weighted by atomic mass is 16.5. The molecule has 132 valence electrons. The van der Waals surface area contributed by atoms with Crippen molar-refractivity contribution in [2.45, 2.75) is 66.7 Å². The predicted molar refractivity (Wildman–Crippen MR) is 89.7 cm³/mol. The van der Waals surface area contributed by atoms with Gasteiger partial charge in [0.2, 0.25) is 5.91 Å². The third kappa shape index (κ3) is 18.9. The molecule has 5 nitrogen and oxygen atoms in total. The molecule has 0 aromatic heterocycles. The molecule has 0 fully saturated rings. The van der Waals surface area contributed by atoms with Gasteiger partial charge >= 0.3 is 5.97 Å². The Hall–Kier alpha value is -1.10. The van der Waals surface area contributed by atoms with Crippen LogP contribution in [0.2, 0.25) is 0 Å². The zero-order valence-electron chi connectivity index (χ0n) is 15.1. The van der Waals surface area contributed by atoms with Gasteiger partial charge in [0.15, 0.2) is 0 Å². The van der Waals surface area contributed by atoms with Crippen LogP contribution in [0.4, 0.5) is 0 Å². The summed E-state index contributed by atoms with van der Waals surface area (Å²) < 4.78 is 10.1. The summed E-state index contributed by atoms with van der Waals surface area (Å²) in [5.74, 6) is 0.381. The first-order valence-electron chi connectivity index (χ1n) is 8.56. The van der Waals surface area contributed by atoms with Crippen LogP contribution in [-0.4, -0.2) is 38.2 Å². The number of carbonyl (C=O) groups excluding carboxylic acids is 2. The third-order valence-corrected chi connectivity index (χ3v) is 2.76. The lowest BCUT2D eigenvalue weighted by Crippen LogP contribution is -2.28. The molecular weight excluding hydrogens is 282 g/mol. The van der Waals surface area contributed by atoms with Gasteiger partial charge in [-0.2, -0.15) is 0 Å². The molecule has 0 rings (SSSR count). The van der Waals surface area contributed by atoms with E-state index in [-0.39, 0.29) is 18.5 Å². The zero-order chi connectivity index (χ0) is 17.2. The molecule has 0 unspecified atom stereocenters. The van der Waals surface area contributed by atoms with Gasteiger partial charge in [-0.3, -0.25) is 9.59 Å². The Balaban J connectivity index is 0. The van der Waals surface area contributed by atoms with E-state index in [1.807, 2.05) is 13.8 Å². The molecule has 0 saturated carbocycles. The quantitative estimate of drug-likeness (QED) is 0.443. The Labute approximate surface area is 136 Å². The van der Waals surface area contributed by atoms with Crippen LogP contribution in [0.1, 0.15) is 66.7 Å². The summed E-state index contributed by atoms with van der Waals surface area (Å²) in [4.78, 5) is 22.5. The SMILES string of the molecule is CC.CCOC(=O)CCCCCNC(=O)COCCC(C)C. The van der Waals surface area contributed by atoms with Gasteiger partial charge in [-0.15, -0.1) is 0 Å². The maximum atomic E-state index is 11.4. The lowest BCUT2D eigenvalue weighted by molar-refractivity contribution is -0.143. The van der Waals surface area contributed by atoms with Crippen LogP contribution >= 0.6 is 0 Å². The van der Waals surface area contributed by atoms with Crippen molar-refractivity contribution in [1.29, 1.82) is 0 Å². The first kappa shape index (κ1) is 23.2. The molecule has 1 N–H and O–H groups in total. The second-order valence-corrected chi connectivity index (χ2v) is 5.20. The van der Waals surface area contributed by atoms with E-state index in [2.05, 4.69) is 19.2 Å². The van der Waals surface area contributed by atoms with Crippen molar-refractivity contribution in [3.63, 3.8) is 0 Å². The monoisotopic (exact) mass is 317 g/mol. The highest BCUT2D eigenvalue weighted by Crippen LogP contribution is 2.01. The number of carbonyl (C=O) groups is 2. The number of nitrogens with one attached hydrogen (secondary N) is 1. The van der Waals surface area contributed by atoms with Crippen molar-refractivity contribution in [2.24, 2.45) is 5.92 Å². The van der Waals surface area contributed by atoms with E-state index in [9.17, 15) is 9.59 Å². The molecule has 0 spiro atoms. The minimum Gasteiger partial charge on any atom is -0.466 e. The van der Waals surface area contributed by atoms with E-state index < -0.39 is 0 Å². The zero-order valence-corrected chi connectivity index (χ0v) is 15.1. The molecule has 0 aliphatic rings. The van der Waals surface area contributed by atoms with Crippen LogP contribution in [0.15, 0.2) is 0 Å². The molecule has 0 bridgehead atoms. The fourth-order valence-corrected chi connectivity index (χ4v) is 1.57. The van der Waals surface area contributed by atoms with E-state index in [0.29, 0.717) is 32.1 Å². The van der Waals surface area contributed by atoms with Crippen molar-refractivity contribution < 1.29 is 19.1 Å². The highest BCUT2D eigenvalue weighted by molar-refractivity contribution is 5.77. The van der Waals surface area contributed by atoms with Crippen molar-refractivity contribution in [3.05, 3.63) is 0 Å². The Morgan fingerprint density at radius 1 is 1.09 bits per heavy atom. The molecule has 22 heavy (non-hydrogen) atoms. The number of rotatable bonds is 12. The number of amides is 1. The summed E-state index contributed by atoms with van der Waals surface area (Å²) in [6.45, 7) is 11.9. The largest absolute Gasteiger partial charge is 0.466 e. The lowest BCUT2D eigenvalue weighted by Gasteiger charge is -2.07. The van der Waals surface area contributed by atoms with Gasteiger partial charge in [0.25, 0.3) is 0 Å². The van der Waals surface area contributed by atoms with Gasteiger partial charge in [-0.1, -0.05) is 34.1 Å². The number of hydrogen-bond acceptors (Lipinski definition) is 4. The number of ether oxygens (including phenoxy) is 2. The summed E-state index contributed by atoms with van der Waals surface area (Å²) >= 11 is 0. The molecule has 0 atom stereocenters. The first-order valence-corrected chi connectivity index (χ1v) is 8.56. The molecule has 0 aromatic carbocycles. The Morgan fingerprint density at radius 3 is 2.36 bits per heavy atom. The molecule has 0 aliphatic carbocycles. The maximum Gasteiger partial charge on any atom is 0.305 e. The summed E-state index contributed by atoms with van der Waals surface area (Å²) in [5, 5.41) is 2.80. The van der Waals surface area contributed by atoms with Crippen LogP contribution in [-0.2, 0) is 19.1 Å².